The number of hydrogen-bond donors (Lipinski definition) is 0. The van der Waals surface area contributed by atoms with Crippen molar-refractivity contribution in [3.8, 4) is 0 Å². The van der Waals surface area contributed by atoms with Crippen LogP contribution < -0.4 is 0 Å². The van der Waals surface area contributed by atoms with Crippen molar-refractivity contribution in [1.82, 2.24) is 9.78 Å². The summed E-state index contributed by atoms with van der Waals surface area (Å²) in [6.45, 7) is 6.95. The van der Waals surface area contributed by atoms with Crippen molar-refractivity contribution < 1.29 is 9.18 Å². The molecule has 1 aromatic carbocycles. The van der Waals surface area contributed by atoms with Gasteiger partial charge in [-0.25, -0.2) is 9.07 Å². The molecule has 0 fully saturated rings. The van der Waals surface area contributed by atoms with Gasteiger partial charge in [0.15, 0.2) is 0 Å². The van der Waals surface area contributed by atoms with Crippen LogP contribution in [0.4, 0.5) is 4.39 Å². The van der Waals surface area contributed by atoms with Crippen LogP contribution in [0, 0.1) is 26.6 Å². The molecule has 1 heterocycles. The van der Waals surface area contributed by atoms with Gasteiger partial charge in [0.2, 0.25) is 5.91 Å². The molecular formula is C15H17FN2O. The highest BCUT2D eigenvalue weighted by molar-refractivity contribution is 5.76. The molecule has 0 aliphatic rings. The first-order chi connectivity index (χ1) is 8.90. The molecule has 0 aliphatic heterocycles. The van der Waals surface area contributed by atoms with Crippen molar-refractivity contribution in [2.24, 2.45) is 0 Å². The van der Waals surface area contributed by atoms with Crippen molar-refractivity contribution >= 4 is 5.91 Å². The third-order valence-corrected chi connectivity index (χ3v) is 3.36. The minimum atomic E-state index is -0.202. The molecule has 3 nitrogen and oxygen atoms in total. The van der Waals surface area contributed by atoms with Crippen LogP contribution in [0.15, 0.2) is 18.2 Å². The van der Waals surface area contributed by atoms with E-state index in [1.54, 1.807) is 19.1 Å². The Hall–Kier alpha value is -1.97. The molecule has 0 N–H and O–H groups in total. The zero-order chi connectivity index (χ0) is 14.2. The van der Waals surface area contributed by atoms with Crippen LogP contribution >= 0.6 is 0 Å². The van der Waals surface area contributed by atoms with Crippen LogP contribution in [0.25, 0.3) is 0 Å². The molecule has 0 aliphatic carbocycles. The Bertz CT molecular complexity index is 644. The third kappa shape index (κ3) is 2.57. The highest BCUT2D eigenvalue weighted by Crippen LogP contribution is 2.19. The highest BCUT2D eigenvalue weighted by atomic mass is 19.1. The molecule has 1 aromatic heterocycles. The highest BCUT2D eigenvalue weighted by Gasteiger charge is 2.14. The predicted molar refractivity (Wildman–Crippen MR) is 71.9 cm³/mol. The van der Waals surface area contributed by atoms with E-state index in [1.165, 1.54) is 11.6 Å². The minimum Gasteiger partial charge on any atom is -0.273 e. The van der Waals surface area contributed by atoms with Gasteiger partial charge in [-0.2, -0.15) is 5.10 Å². The van der Waals surface area contributed by atoms with Crippen molar-refractivity contribution in [2.75, 3.05) is 0 Å². The zero-order valence-corrected chi connectivity index (χ0v) is 11.6. The van der Waals surface area contributed by atoms with Crippen LogP contribution in [-0.4, -0.2) is 15.7 Å². The topological polar surface area (TPSA) is 34.9 Å². The van der Waals surface area contributed by atoms with Gasteiger partial charge in [0.25, 0.3) is 0 Å². The molecule has 19 heavy (non-hydrogen) atoms. The summed E-state index contributed by atoms with van der Waals surface area (Å²) in [6, 6.07) is 5.21. The Balaban J connectivity index is 2.38. The lowest BCUT2D eigenvalue weighted by Gasteiger charge is -2.04. The Morgan fingerprint density at radius 2 is 2.00 bits per heavy atom. The first-order valence-electron chi connectivity index (χ1n) is 6.21. The molecule has 0 bridgehead atoms. The molecule has 0 saturated heterocycles. The van der Waals surface area contributed by atoms with Crippen LogP contribution in [0.3, 0.4) is 0 Å². The second kappa shape index (κ2) is 4.96. The Morgan fingerprint density at radius 3 is 2.53 bits per heavy atom. The molecule has 0 atom stereocenters. The maximum absolute atomic E-state index is 13.5. The summed E-state index contributed by atoms with van der Waals surface area (Å²) in [5, 5.41) is 4.22. The van der Waals surface area contributed by atoms with Gasteiger partial charge in [0.05, 0.1) is 5.69 Å². The average Bonchev–Trinajstić information content (AvgIpc) is 2.62. The average molecular weight is 260 g/mol. The van der Waals surface area contributed by atoms with Gasteiger partial charge < -0.3 is 0 Å². The first-order valence-corrected chi connectivity index (χ1v) is 6.21. The smallest absolute Gasteiger partial charge is 0.243 e. The molecule has 100 valence electrons. The quantitative estimate of drug-likeness (QED) is 0.831. The van der Waals surface area contributed by atoms with Gasteiger partial charge in [0, 0.05) is 24.6 Å². The van der Waals surface area contributed by atoms with E-state index in [2.05, 4.69) is 5.10 Å². The maximum atomic E-state index is 13.5. The molecule has 4 heteroatoms. The minimum absolute atomic E-state index is 0.109. The number of benzene rings is 1. The number of rotatable bonds is 2. The van der Waals surface area contributed by atoms with Crippen LogP contribution in [0.1, 0.15) is 39.8 Å². The van der Waals surface area contributed by atoms with Crippen LogP contribution in [0.2, 0.25) is 0 Å². The summed E-state index contributed by atoms with van der Waals surface area (Å²) in [5.41, 5.74) is 4.15. The van der Waals surface area contributed by atoms with Gasteiger partial charge in [0.1, 0.15) is 5.82 Å². The number of hydrogen-bond acceptors (Lipinski definition) is 2. The summed E-state index contributed by atoms with van der Waals surface area (Å²) in [5.74, 6) is -0.311. The van der Waals surface area contributed by atoms with E-state index in [0.717, 1.165) is 22.5 Å². The lowest BCUT2D eigenvalue weighted by Crippen LogP contribution is -2.09. The Labute approximate surface area is 112 Å². The first kappa shape index (κ1) is 13.5. The van der Waals surface area contributed by atoms with E-state index < -0.39 is 0 Å². The lowest BCUT2D eigenvalue weighted by atomic mass is 10.0. The van der Waals surface area contributed by atoms with E-state index in [0.29, 0.717) is 12.0 Å². The van der Waals surface area contributed by atoms with E-state index in [9.17, 15) is 9.18 Å². The number of carbonyl (C=O) groups is 1. The molecule has 0 unspecified atom stereocenters. The van der Waals surface area contributed by atoms with E-state index in [-0.39, 0.29) is 11.7 Å². The summed E-state index contributed by atoms with van der Waals surface area (Å²) < 4.78 is 14.9. The largest absolute Gasteiger partial charge is 0.273 e. The van der Waals surface area contributed by atoms with Crippen molar-refractivity contribution in [3.63, 3.8) is 0 Å². The fraction of sp³-hybridized carbons (Fsp3) is 0.333. The normalized spacial score (nSPS) is 10.8. The van der Waals surface area contributed by atoms with Crippen LogP contribution in [-0.2, 0) is 6.42 Å². The van der Waals surface area contributed by atoms with Gasteiger partial charge in [-0.05, 0) is 38.0 Å². The monoisotopic (exact) mass is 260 g/mol. The number of halogens is 1. The standard InChI is InChI=1S/C15H17FN2O/c1-9-5-6-13(8-15(9)16)7-14-10(2)17-18(11(14)3)12(4)19/h5-6,8H,7H2,1-4H3. The fourth-order valence-corrected chi connectivity index (χ4v) is 2.19. The molecule has 2 rings (SSSR count). The molecule has 2 aromatic rings. The van der Waals surface area contributed by atoms with E-state index in [1.807, 2.05) is 19.9 Å². The van der Waals surface area contributed by atoms with E-state index in [4.69, 9.17) is 0 Å². The number of aromatic nitrogens is 2. The lowest BCUT2D eigenvalue weighted by molar-refractivity contribution is 0.0918. The van der Waals surface area contributed by atoms with Gasteiger partial charge >= 0.3 is 0 Å². The van der Waals surface area contributed by atoms with Gasteiger partial charge in [-0.1, -0.05) is 12.1 Å². The summed E-state index contributed by atoms with van der Waals surface area (Å²) >= 11 is 0. The Kier molecular flexibility index (Phi) is 3.51. The van der Waals surface area contributed by atoms with Crippen molar-refractivity contribution in [1.29, 1.82) is 0 Å². The third-order valence-electron chi connectivity index (χ3n) is 3.36. The molecule has 0 radical (unpaired) electrons. The van der Waals surface area contributed by atoms with E-state index >= 15 is 0 Å². The van der Waals surface area contributed by atoms with Crippen LogP contribution in [0.5, 0.6) is 0 Å². The summed E-state index contributed by atoms with van der Waals surface area (Å²) in [4.78, 5) is 11.4. The summed E-state index contributed by atoms with van der Waals surface area (Å²) in [6.07, 6.45) is 0.585. The van der Waals surface area contributed by atoms with Crippen molar-refractivity contribution in [3.05, 3.63) is 52.1 Å². The fourth-order valence-electron chi connectivity index (χ4n) is 2.19. The SMILES string of the molecule is CC(=O)n1nc(C)c(Cc2ccc(C)c(F)c2)c1C. The Morgan fingerprint density at radius 1 is 1.32 bits per heavy atom. The molecule has 0 spiro atoms. The van der Waals surface area contributed by atoms with Gasteiger partial charge in [-0.3, -0.25) is 4.79 Å². The number of aryl methyl sites for hydroxylation is 2. The van der Waals surface area contributed by atoms with Crippen molar-refractivity contribution in [2.45, 2.75) is 34.1 Å². The number of nitrogens with zero attached hydrogens (tertiary/aromatic N) is 2. The zero-order valence-electron chi connectivity index (χ0n) is 11.6. The molecular weight excluding hydrogens is 243 g/mol. The molecule has 0 saturated carbocycles. The predicted octanol–water partition coefficient (Wildman–Crippen LogP) is 3.20. The summed E-state index contributed by atoms with van der Waals surface area (Å²) in [7, 11) is 0. The van der Waals surface area contributed by atoms with Gasteiger partial charge in [-0.15, -0.1) is 0 Å². The molecule has 0 amide bonds. The number of carbonyl (C=O) groups excluding carboxylic acids is 1. The second-order valence-electron chi connectivity index (χ2n) is 4.84. The second-order valence-corrected chi connectivity index (χ2v) is 4.84. The maximum Gasteiger partial charge on any atom is 0.243 e.